The van der Waals surface area contributed by atoms with Crippen LogP contribution in [0.2, 0.25) is 0 Å². The lowest BCUT2D eigenvalue weighted by atomic mass is 10.2. The summed E-state index contributed by atoms with van der Waals surface area (Å²) in [5.74, 6) is -1.01. The monoisotopic (exact) mass is 257 g/mol. The van der Waals surface area contributed by atoms with Crippen LogP contribution in [0.15, 0.2) is 54.9 Å². The first-order valence-electron chi connectivity index (χ1n) is 5.49. The quantitative estimate of drug-likeness (QED) is 0.801. The van der Waals surface area contributed by atoms with Crippen LogP contribution < -0.4 is 11.0 Å². The molecule has 0 fully saturated rings. The minimum Gasteiger partial charge on any atom is -0.346 e. The molecule has 1 aromatic heterocycles. The second kappa shape index (κ2) is 6.27. The van der Waals surface area contributed by atoms with E-state index in [1.165, 1.54) is 24.5 Å². The van der Waals surface area contributed by atoms with E-state index >= 15 is 0 Å². The second-order valence-electron chi connectivity index (χ2n) is 3.55. The molecule has 2 rings (SSSR count). The van der Waals surface area contributed by atoms with Crippen molar-refractivity contribution in [2.45, 2.75) is 0 Å². The van der Waals surface area contributed by atoms with Gasteiger partial charge in [0.05, 0.1) is 5.56 Å². The molecule has 0 atom stereocenters. The Kier molecular flexibility index (Phi) is 4.20. The van der Waals surface area contributed by atoms with Crippen molar-refractivity contribution in [2.75, 3.05) is 0 Å². The van der Waals surface area contributed by atoms with E-state index < -0.39 is 11.9 Å². The van der Waals surface area contributed by atoms with Gasteiger partial charge in [0.25, 0.3) is 5.91 Å². The fraction of sp³-hybridized carbons (Fsp3) is 0. The summed E-state index contributed by atoms with van der Waals surface area (Å²) in [6.45, 7) is 0. The molecule has 1 aromatic carbocycles. The summed E-state index contributed by atoms with van der Waals surface area (Å²) in [6, 6.07) is 11.6. The molecule has 0 unspecified atom stereocenters. The van der Waals surface area contributed by atoms with Gasteiger partial charge in [0.1, 0.15) is 0 Å². The van der Waals surface area contributed by atoms with Crippen LogP contribution in [0.5, 0.6) is 0 Å². The van der Waals surface area contributed by atoms with Crippen molar-refractivity contribution in [1.29, 1.82) is 0 Å². The van der Waals surface area contributed by atoms with Crippen molar-refractivity contribution >= 4 is 11.9 Å². The minimum absolute atomic E-state index is 0.330. The first-order valence-corrected chi connectivity index (χ1v) is 5.49. The van der Waals surface area contributed by atoms with E-state index in [2.05, 4.69) is 20.8 Å². The van der Waals surface area contributed by atoms with Crippen LogP contribution in [0.3, 0.4) is 0 Å². The van der Waals surface area contributed by atoms with Crippen LogP contribution in [0.4, 0.5) is 0 Å². The van der Waals surface area contributed by atoms with Crippen molar-refractivity contribution in [2.24, 2.45) is 0 Å². The average Bonchev–Trinajstić information content (AvgIpc) is 2.49. The van der Waals surface area contributed by atoms with E-state index in [1.807, 2.05) is 0 Å². The molecule has 1 amide bonds. The van der Waals surface area contributed by atoms with E-state index in [0.717, 1.165) is 0 Å². The number of hydrogen-bond acceptors (Lipinski definition) is 5. The molecular weight excluding hydrogens is 246 g/mol. The maximum absolute atomic E-state index is 11.6. The molecule has 0 radical (unpaired) electrons. The number of aromatic nitrogens is 1. The Bertz CT molecular complexity index is 506. The van der Waals surface area contributed by atoms with E-state index in [0.29, 0.717) is 11.1 Å². The second-order valence-corrected chi connectivity index (χ2v) is 3.55. The number of benzene rings is 1. The molecule has 0 aliphatic carbocycles. The first kappa shape index (κ1) is 12.7. The van der Waals surface area contributed by atoms with Crippen LogP contribution in [-0.2, 0) is 4.84 Å². The van der Waals surface area contributed by atoms with Gasteiger partial charge in [-0.2, -0.15) is 0 Å². The predicted octanol–water partition coefficient (Wildman–Crippen LogP) is 1.09. The third-order valence-corrected chi connectivity index (χ3v) is 2.26. The highest BCUT2D eigenvalue weighted by Crippen LogP contribution is 1.98. The molecule has 0 saturated heterocycles. The summed E-state index contributed by atoms with van der Waals surface area (Å²) in [7, 11) is 0. The molecule has 96 valence electrons. The maximum Gasteiger partial charge on any atom is 0.358 e. The number of carbonyl (C=O) groups is 2. The lowest BCUT2D eigenvalue weighted by Gasteiger charge is -2.07. The lowest BCUT2D eigenvalue weighted by Crippen LogP contribution is -2.38. The van der Waals surface area contributed by atoms with Crippen molar-refractivity contribution < 1.29 is 14.4 Å². The Balaban J connectivity index is 1.81. The van der Waals surface area contributed by atoms with E-state index in [4.69, 9.17) is 0 Å². The number of nitrogens with one attached hydrogen (secondary N) is 2. The standard InChI is InChI=1S/C13H11N3O3/c17-12(10-4-2-1-3-5-10)15-16-19-13(18)11-6-8-14-9-7-11/h1-9,16H,(H,15,17). The fourth-order valence-electron chi connectivity index (χ4n) is 1.33. The van der Waals surface area contributed by atoms with Gasteiger partial charge in [-0.1, -0.05) is 23.8 Å². The molecule has 2 N–H and O–H groups in total. The molecule has 6 nitrogen and oxygen atoms in total. The Labute approximate surface area is 109 Å². The van der Waals surface area contributed by atoms with Gasteiger partial charge in [0.2, 0.25) is 0 Å². The van der Waals surface area contributed by atoms with Crippen molar-refractivity contribution in [3.8, 4) is 0 Å². The number of hydrogen-bond donors (Lipinski definition) is 2. The van der Waals surface area contributed by atoms with Crippen molar-refractivity contribution in [3.05, 3.63) is 66.0 Å². The van der Waals surface area contributed by atoms with E-state index in [-0.39, 0.29) is 0 Å². The smallest absolute Gasteiger partial charge is 0.346 e. The van der Waals surface area contributed by atoms with Crippen LogP contribution in [0.25, 0.3) is 0 Å². The summed E-state index contributed by atoms with van der Waals surface area (Å²) in [5, 5.41) is 0. The average molecular weight is 257 g/mol. The normalized spacial score (nSPS) is 9.68. The topological polar surface area (TPSA) is 80.3 Å². The molecule has 0 bridgehead atoms. The Morgan fingerprint density at radius 3 is 2.32 bits per heavy atom. The zero-order chi connectivity index (χ0) is 13.5. The summed E-state index contributed by atoms with van der Waals surface area (Å²) in [6.07, 6.45) is 2.94. The number of hydrazine groups is 1. The predicted molar refractivity (Wildman–Crippen MR) is 66.7 cm³/mol. The molecule has 2 aromatic rings. The first-order chi connectivity index (χ1) is 9.27. The summed E-state index contributed by atoms with van der Waals surface area (Å²) >= 11 is 0. The van der Waals surface area contributed by atoms with Gasteiger partial charge in [0.15, 0.2) is 0 Å². The SMILES string of the molecule is O=C(NNOC(=O)c1ccncc1)c1ccccc1. The third kappa shape index (κ3) is 3.62. The Hall–Kier alpha value is -2.73. The van der Waals surface area contributed by atoms with Gasteiger partial charge >= 0.3 is 5.97 Å². The van der Waals surface area contributed by atoms with Gasteiger partial charge < -0.3 is 4.84 Å². The van der Waals surface area contributed by atoms with E-state index in [1.54, 1.807) is 30.3 Å². The largest absolute Gasteiger partial charge is 0.358 e. The number of amides is 1. The molecule has 19 heavy (non-hydrogen) atoms. The molecule has 1 heterocycles. The Morgan fingerprint density at radius 1 is 0.947 bits per heavy atom. The molecular formula is C13H11N3O3. The number of carbonyl (C=O) groups excluding carboxylic acids is 2. The van der Waals surface area contributed by atoms with Crippen LogP contribution >= 0.6 is 0 Å². The highest BCUT2D eigenvalue weighted by Gasteiger charge is 2.08. The number of rotatable bonds is 4. The van der Waals surface area contributed by atoms with Crippen LogP contribution in [0.1, 0.15) is 20.7 Å². The summed E-state index contributed by atoms with van der Waals surface area (Å²) < 4.78 is 0. The fourth-order valence-corrected chi connectivity index (χ4v) is 1.33. The third-order valence-electron chi connectivity index (χ3n) is 2.26. The lowest BCUT2D eigenvalue weighted by molar-refractivity contribution is 0.0137. The maximum atomic E-state index is 11.6. The zero-order valence-corrected chi connectivity index (χ0v) is 9.87. The highest BCUT2D eigenvalue weighted by molar-refractivity contribution is 5.94. The molecule has 0 spiro atoms. The highest BCUT2D eigenvalue weighted by atomic mass is 16.7. The van der Waals surface area contributed by atoms with E-state index in [9.17, 15) is 9.59 Å². The van der Waals surface area contributed by atoms with Gasteiger partial charge in [0, 0.05) is 18.0 Å². The Morgan fingerprint density at radius 2 is 1.63 bits per heavy atom. The van der Waals surface area contributed by atoms with Gasteiger partial charge in [-0.3, -0.25) is 15.2 Å². The molecule has 6 heteroatoms. The van der Waals surface area contributed by atoms with Gasteiger partial charge in [-0.05, 0) is 24.3 Å². The molecule has 0 aliphatic rings. The molecule has 0 aliphatic heterocycles. The summed E-state index contributed by atoms with van der Waals surface area (Å²) in [5.41, 5.74) is 5.15. The molecule has 0 saturated carbocycles. The van der Waals surface area contributed by atoms with Crippen molar-refractivity contribution in [1.82, 2.24) is 16.0 Å². The minimum atomic E-state index is -0.615. The number of pyridine rings is 1. The summed E-state index contributed by atoms with van der Waals surface area (Å²) in [4.78, 5) is 31.5. The van der Waals surface area contributed by atoms with Gasteiger partial charge in [-0.15, -0.1) is 0 Å². The van der Waals surface area contributed by atoms with Gasteiger partial charge in [-0.25, -0.2) is 4.79 Å². The number of nitrogens with zero attached hydrogens (tertiary/aromatic N) is 1. The van der Waals surface area contributed by atoms with Crippen molar-refractivity contribution in [3.63, 3.8) is 0 Å². The van der Waals surface area contributed by atoms with Crippen LogP contribution in [0, 0.1) is 0 Å². The van der Waals surface area contributed by atoms with Crippen LogP contribution in [-0.4, -0.2) is 16.9 Å². The zero-order valence-electron chi connectivity index (χ0n) is 9.87.